The molecule has 2 aromatic carbocycles. The van der Waals surface area contributed by atoms with Crippen LogP contribution >= 0.6 is 11.3 Å². The molecule has 0 aliphatic heterocycles. The maximum Gasteiger partial charge on any atom is 0.341 e. The SMILES string of the molecule is COC(=O)c1c(NC(=O)COc2c(-c3ccc(C)cc3)oc3ccccc3c2=O)sc2c1CCCC2. The second kappa shape index (κ2) is 9.99. The Labute approximate surface area is 211 Å². The van der Waals surface area contributed by atoms with Gasteiger partial charge in [0.05, 0.1) is 18.1 Å². The van der Waals surface area contributed by atoms with E-state index in [1.54, 1.807) is 24.3 Å². The first-order valence-electron chi connectivity index (χ1n) is 11.7. The molecule has 8 heteroatoms. The van der Waals surface area contributed by atoms with E-state index in [9.17, 15) is 14.4 Å². The van der Waals surface area contributed by atoms with Gasteiger partial charge in [0.1, 0.15) is 10.6 Å². The summed E-state index contributed by atoms with van der Waals surface area (Å²) in [7, 11) is 1.33. The number of methoxy groups -OCH3 is 1. The smallest absolute Gasteiger partial charge is 0.341 e. The lowest BCUT2D eigenvalue weighted by Crippen LogP contribution is -2.23. The summed E-state index contributed by atoms with van der Waals surface area (Å²) in [6.45, 7) is 1.54. The van der Waals surface area contributed by atoms with E-state index in [0.717, 1.165) is 41.7 Å². The highest BCUT2D eigenvalue weighted by Crippen LogP contribution is 2.38. The second-order valence-corrected chi connectivity index (χ2v) is 9.80. The zero-order valence-corrected chi connectivity index (χ0v) is 20.8. The molecule has 0 saturated carbocycles. The van der Waals surface area contributed by atoms with Gasteiger partial charge >= 0.3 is 5.97 Å². The number of thiophene rings is 1. The largest absolute Gasteiger partial charge is 0.476 e. The zero-order chi connectivity index (χ0) is 25.2. The molecule has 2 aromatic heterocycles. The number of hydrogen-bond acceptors (Lipinski definition) is 7. The lowest BCUT2D eigenvalue weighted by molar-refractivity contribution is -0.118. The number of aryl methyl sites for hydroxylation is 2. The number of hydrogen-bond donors (Lipinski definition) is 1. The zero-order valence-electron chi connectivity index (χ0n) is 20.0. The van der Waals surface area contributed by atoms with Crippen LogP contribution in [0.5, 0.6) is 5.75 Å². The number of carbonyl (C=O) groups is 2. The predicted molar refractivity (Wildman–Crippen MR) is 139 cm³/mol. The van der Waals surface area contributed by atoms with Crippen LogP contribution < -0.4 is 15.5 Å². The second-order valence-electron chi connectivity index (χ2n) is 8.70. The molecule has 0 unspecified atom stereocenters. The molecule has 1 aliphatic carbocycles. The highest BCUT2D eigenvalue weighted by molar-refractivity contribution is 7.17. The van der Waals surface area contributed by atoms with Gasteiger partial charge in [-0.05, 0) is 50.3 Å². The molecule has 0 radical (unpaired) electrons. The van der Waals surface area contributed by atoms with Crippen molar-refractivity contribution in [2.45, 2.75) is 32.6 Å². The monoisotopic (exact) mass is 503 g/mol. The van der Waals surface area contributed by atoms with E-state index in [-0.39, 0.29) is 16.9 Å². The van der Waals surface area contributed by atoms with Crippen LogP contribution in [0.15, 0.2) is 57.7 Å². The minimum atomic E-state index is -0.485. The number of nitrogens with one attached hydrogen (secondary N) is 1. The van der Waals surface area contributed by atoms with E-state index in [1.807, 2.05) is 31.2 Å². The number of carbonyl (C=O) groups excluding carboxylic acids is 2. The number of para-hydroxylation sites is 1. The molecule has 2 heterocycles. The molecule has 4 aromatic rings. The van der Waals surface area contributed by atoms with E-state index < -0.39 is 18.5 Å². The third kappa shape index (κ3) is 4.52. The summed E-state index contributed by atoms with van der Waals surface area (Å²) in [5.74, 6) is -0.733. The van der Waals surface area contributed by atoms with Crippen molar-refractivity contribution in [2.24, 2.45) is 0 Å². The Morgan fingerprint density at radius 1 is 1.06 bits per heavy atom. The minimum absolute atomic E-state index is 0.0358. The fourth-order valence-corrected chi connectivity index (χ4v) is 5.72. The van der Waals surface area contributed by atoms with Crippen molar-refractivity contribution in [3.63, 3.8) is 0 Å². The highest BCUT2D eigenvalue weighted by Gasteiger charge is 2.27. The molecule has 0 fully saturated rings. The van der Waals surface area contributed by atoms with Crippen molar-refractivity contribution in [1.82, 2.24) is 0 Å². The highest BCUT2D eigenvalue weighted by atomic mass is 32.1. The molecular formula is C28H25NO6S. The molecule has 184 valence electrons. The maximum absolute atomic E-state index is 13.3. The summed E-state index contributed by atoms with van der Waals surface area (Å²) in [4.78, 5) is 39.8. The summed E-state index contributed by atoms with van der Waals surface area (Å²) < 4.78 is 16.8. The number of amides is 1. The fourth-order valence-electron chi connectivity index (χ4n) is 4.42. The van der Waals surface area contributed by atoms with Crippen molar-refractivity contribution >= 4 is 39.2 Å². The van der Waals surface area contributed by atoms with Crippen molar-refractivity contribution < 1.29 is 23.5 Å². The molecule has 36 heavy (non-hydrogen) atoms. The average molecular weight is 504 g/mol. The van der Waals surface area contributed by atoms with E-state index in [1.165, 1.54) is 18.4 Å². The molecule has 0 spiro atoms. The number of ether oxygens (including phenoxy) is 2. The molecule has 1 amide bonds. The summed E-state index contributed by atoms with van der Waals surface area (Å²) in [6, 6.07) is 14.4. The van der Waals surface area contributed by atoms with Crippen molar-refractivity contribution in [1.29, 1.82) is 0 Å². The fraction of sp³-hybridized carbons (Fsp3) is 0.250. The van der Waals surface area contributed by atoms with Crippen LogP contribution in [0.4, 0.5) is 5.00 Å². The lowest BCUT2D eigenvalue weighted by Gasteiger charge is -2.13. The molecule has 0 bridgehead atoms. The first kappa shape index (κ1) is 23.8. The minimum Gasteiger partial charge on any atom is -0.476 e. The summed E-state index contributed by atoms with van der Waals surface area (Å²) in [6.07, 6.45) is 3.68. The van der Waals surface area contributed by atoms with Gasteiger partial charge in [0.15, 0.2) is 12.4 Å². The topological polar surface area (TPSA) is 94.8 Å². The number of esters is 1. The van der Waals surface area contributed by atoms with E-state index in [2.05, 4.69) is 5.32 Å². The van der Waals surface area contributed by atoms with Crippen LogP contribution in [0, 0.1) is 6.92 Å². The third-order valence-electron chi connectivity index (χ3n) is 6.23. The van der Waals surface area contributed by atoms with Gasteiger partial charge in [-0.3, -0.25) is 9.59 Å². The van der Waals surface area contributed by atoms with Crippen molar-refractivity contribution in [2.75, 3.05) is 19.0 Å². The molecule has 1 N–H and O–H groups in total. The quantitative estimate of drug-likeness (QED) is 0.349. The number of anilines is 1. The van der Waals surface area contributed by atoms with Crippen LogP contribution in [0.3, 0.4) is 0 Å². The summed E-state index contributed by atoms with van der Waals surface area (Å²) in [5, 5.41) is 3.61. The molecule has 0 atom stereocenters. The van der Waals surface area contributed by atoms with Gasteiger partial charge < -0.3 is 19.2 Å². The van der Waals surface area contributed by atoms with Gasteiger partial charge in [0.2, 0.25) is 11.2 Å². The molecule has 5 rings (SSSR count). The number of benzene rings is 2. The first-order valence-corrected chi connectivity index (χ1v) is 12.6. The Kier molecular flexibility index (Phi) is 6.61. The predicted octanol–water partition coefficient (Wildman–Crippen LogP) is 5.51. The lowest BCUT2D eigenvalue weighted by atomic mass is 9.95. The number of fused-ring (bicyclic) bond motifs is 2. The standard InChI is InChI=1S/C28H25NO6S/c1-16-11-13-17(14-12-16)25-26(24(31)18-7-3-5-9-20(18)35-25)34-15-22(30)29-27-23(28(32)33-2)19-8-4-6-10-21(19)36-27/h3,5,7,9,11-14H,4,6,8,10,15H2,1-2H3,(H,29,30). The van der Waals surface area contributed by atoms with Gasteiger partial charge in [-0.2, -0.15) is 0 Å². The third-order valence-corrected chi connectivity index (χ3v) is 7.44. The Morgan fingerprint density at radius 2 is 1.81 bits per heavy atom. The van der Waals surface area contributed by atoms with Crippen LogP contribution in [0.2, 0.25) is 0 Å². The number of rotatable bonds is 6. The van der Waals surface area contributed by atoms with Crippen LogP contribution in [0.25, 0.3) is 22.3 Å². The van der Waals surface area contributed by atoms with E-state index in [0.29, 0.717) is 27.1 Å². The van der Waals surface area contributed by atoms with Gasteiger partial charge in [-0.25, -0.2) is 4.79 Å². The Balaban J connectivity index is 1.45. The molecule has 7 nitrogen and oxygen atoms in total. The van der Waals surface area contributed by atoms with E-state index in [4.69, 9.17) is 13.9 Å². The average Bonchev–Trinajstić information content (AvgIpc) is 3.25. The molecule has 0 saturated heterocycles. The Morgan fingerprint density at radius 3 is 2.58 bits per heavy atom. The summed E-state index contributed by atoms with van der Waals surface area (Å²) >= 11 is 1.39. The Hall–Kier alpha value is -3.91. The van der Waals surface area contributed by atoms with E-state index >= 15 is 0 Å². The van der Waals surface area contributed by atoms with Crippen molar-refractivity contribution in [3.8, 4) is 17.1 Å². The van der Waals surface area contributed by atoms with Crippen LogP contribution in [-0.2, 0) is 22.4 Å². The molecule has 1 aliphatic rings. The van der Waals surface area contributed by atoms with Crippen LogP contribution in [0.1, 0.15) is 39.2 Å². The van der Waals surface area contributed by atoms with Crippen LogP contribution in [-0.4, -0.2) is 25.6 Å². The Bertz CT molecular complexity index is 1520. The van der Waals surface area contributed by atoms with Gasteiger partial charge in [0, 0.05) is 10.4 Å². The van der Waals surface area contributed by atoms with Gasteiger partial charge in [-0.15, -0.1) is 11.3 Å². The molecular weight excluding hydrogens is 478 g/mol. The van der Waals surface area contributed by atoms with Gasteiger partial charge in [0.25, 0.3) is 5.91 Å². The summed E-state index contributed by atoms with van der Waals surface area (Å²) in [5.41, 5.74) is 3.16. The van der Waals surface area contributed by atoms with Gasteiger partial charge in [-0.1, -0.05) is 42.0 Å². The van der Waals surface area contributed by atoms with Crippen molar-refractivity contribution in [3.05, 3.63) is 80.3 Å². The normalized spacial score (nSPS) is 12.7. The maximum atomic E-state index is 13.3. The first-order chi connectivity index (χ1) is 17.5.